The number of carboxylic acid groups (broad SMARTS) is 1. The number of hydrogen-bond acceptors (Lipinski definition) is 9. The number of ether oxygens (including phenoxy) is 2. The molecule has 0 aliphatic carbocycles. The van der Waals surface area contributed by atoms with Crippen LogP contribution in [0, 0.1) is 17.0 Å². The van der Waals surface area contributed by atoms with Crippen molar-refractivity contribution >= 4 is 23.7 Å². The standard InChI is InChI=1S/C26H26F2N6O5/c1-26(2,25(36)37)33-14-5-7-18(15(11-14)23-31-8-9-34(23)3)38-21-16(27)12-32-24(20(21)28)39-19-10-13(22(29)30)4-6-17(19)35/h4-8,10-12,23,33,35H,9H2,1-3H3,(H3,29,30)(H,36,37). The molecule has 4 rings (SSSR count). The molecule has 0 saturated heterocycles. The third-order valence-corrected chi connectivity index (χ3v) is 5.90. The van der Waals surface area contributed by atoms with Gasteiger partial charge in [-0.1, -0.05) is 0 Å². The van der Waals surface area contributed by atoms with E-state index in [0.29, 0.717) is 24.0 Å². The summed E-state index contributed by atoms with van der Waals surface area (Å²) in [5.74, 6) is -5.89. The lowest BCUT2D eigenvalue weighted by Gasteiger charge is -2.25. The van der Waals surface area contributed by atoms with Crippen LogP contribution in [0.3, 0.4) is 0 Å². The van der Waals surface area contributed by atoms with Crippen LogP contribution in [-0.4, -0.2) is 57.2 Å². The molecule has 1 aliphatic rings. The minimum atomic E-state index is -1.30. The normalized spacial score (nSPS) is 15.3. The molecule has 2 heterocycles. The number of carboxylic acids is 1. The van der Waals surface area contributed by atoms with Gasteiger partial charge in [-0.15, -0.1) is 0 Å². The molecule has 0 fully saturated rings. The molecule has 2 aromatic carbocycles. The number of aliphatic carboxylic acids is 1. The van der Waals surface area contributed by atoms with Crippen LogP contribution in [0.15, 0.2) is 47.6 Å². The molecule has 204 valence electrons. The van der Waals surface area contributed by atoms with E-state index in [-0.39, 0.29) is 28.6 Å². The summed E-state index contributed by atoms with van der Waals surface area (Å²) in [4.78, 5) is 21.5. The zero-order chi connectivity index (χ0) is 28.5. The van der Waals surface area contributed by atoms with E-state index in [4.69, 9.17) is 20.6 Å². The summed E-state index contributed by atoms with van der Waals surface area (Å²) in [6.07, 6.45) is 1.81. The van der Waals surface area contributed by atoms with Gasteiger partial charge in [0.1, 0.15) is 23.3 Å². The van der Waals surface area contributed by atoms with Crippen molar-refractivity contribution in [1.29, 1.82) is 5.41 Å². The van der Waals surface area contributed by atoms with Gasteiger partial charge in [0.05, 0.1) is 6.20 Å². The minimum absolute atomic E-state index is 0.0564. The lowest BCUT2D eigenvalue weighted by Crippen LogP contribution is -2.40. The highest BCUT2D eigenvalue weighted by Crippen LogP contribution is 2.40. The topological polar surface area (TPSA) is 166 Å². The Bertz CT molecular complexity index is 1480. The van der Waals surface area contributed by atoms with E-state index in [2.05, 4.69) is 15.3 Å². The van der Waals surface area contributed by atoms with E-state index in [9.17, 15) is 19.4 Å². The first-order valence-corrected chi connectivity index (χ1v) is 11.6. The smallest absolute Gasteiger partial charge is 0.328 e. The Morgan fingerprint density at radius 1 is 1.21 bits per heavy atom. The van der Waals surface area contributed by atoms with Gasteiger partial charge in [-0.05, 0) is 57.3 Å². The fourth-order valence-electron chi connectivity index (χ4n) is 3.72. The van der Waals surface area contributed by atoms with E-state index < -0.39 is 40.9 Å². The van der Waals surface area contributed by atoms with Crippen molar-refractivity contribution in [3.63, 3.8) is 0 Å². The summed E-state index contributed by atoms with van der Waals surface area (Å²) < 4.78 is 41.3. The summed E-state index contributed by atoms with van der Waals surface area (Å²) in [6.45, 7) is 3.50. The van der Waals surface area contributed by atoms with Crippen molar-refractivity contribution in [1.82, 2.24) is 9.88 Å². The molecule has 6 N–H and O–H groups in total. The van der Waals surface area contributed by atoms with Gasteiger partial charge in [0, 0.05) is 29.6 Å². The first-order valence-electron chi connectivity index (χ1n) is 11.6. The second-order valence-corrected chi connectivity index (χ2v) is 9.31. The number of rotatable bonds is 9. The SMILES string of the molecule is CN1CC=NC1c1cc(NC(C)(C)C(=O)O)ccc1Oc1c(F)cnc(Oc2cc(C(=N)N)ccc2O)c1F. The quantitative estimate of drug-likeness (QED) is 0.197. The van der Waals surface area contributed by atoms with Crippen LogP contribution in [0.4, 0.5) is 14.5 Å². The fourth-order valence-corrected chi connectivity index (χ4v) is 3.72. The second kappa shape index (κ2) is 10.5. The number of halogens is 2. The number of nitrogens with zero attached hydrogens (tertiary/aromatic N) is 3. The first-order chi connectivity index (χ1) is 18.4. The van der Waals surface area contributed by atoms with E-state index >= 15 is 4.39 Å². The number of pyridine rings is 1. The second-order valence-electron chi connectivity index (χ2n) is 9.31. The monoisotopic (exact) mass is 540 g/mol. The molecule has 3 aromatic rings. The summed E-state index contributed by atoms with van der Waals surface area (Å²) in [6, 6.07) is 8.34. The van der Waals surface area contributed by atoms with Gasteiger partial charge >= 0.3 is 5.97 Å². The Hall–Kier alpha value is -4.78. The molecule has 1 aromatic heterocycles. The van der Waals surface area contributed by atoms with Crippen molar-refractivity contribution in [3.8, 4) is 28.9 Å². The number of nitrogens with two attached hydrogens (primary N) is 1. The molecule has 0 saturated carbocycles. The molecule has 1 aliphatic heterocycles. The van der Waals surface area contributed by atoms with Crippen molar-refractivity contribution in [2.24, 2.45) is 10.7 Å². The average Bonchev–Trinajstić information content (AvgIpc) is 3.30. The fraction of sp³-hybridized carbons (Fsp3) is 0.231. The lowest BCUT2D eigenvalue weighted by atomic mass is 10.0. The number of phenols is 1. The van der Waals surface area contributed by atoms with Crippen LogP contribution in [0.2, 0.25) is 0 Å². The third kappa shape index (κ3) is 5.72. The van der Waals surface area contributed by atoms with Gasteiger partial charge in [0.15, 0.2) is 17.3 Å². The molecule has 0 spiro atoms. The van der Waals surface area contributed by atoms with E-state index in [1.54, 1.807) is 19.3 Å². The Morgan fingerprint density at radius 2 is 1.95 bits per heavy atom. The number of phenolic OH excluding ortho intramolecular Hbond substituents is 1. The van der Waals surface area contributed by atoms with Crippen molar-refractivity contribution in [2.75, 3.05) is 18.9 Å². The van der Waals surface area contributed by atoms with Crippen LogP contribution >= 0.6 is 0 Å². The van der Waals surface area contributed by atoms with E-state index in [0.717, 1.165) is 0 Å². The Morgan fingerprint density at radius 3 is 2.59 bits per heavy atom. The molecular formula is C26H26F2N6O5. The molecule has 0 amide bonds. The zero-order valence-electron chi connectivity index (χ0n) is 21.2. The summed E-state index contributed by atoms with van der Waals surface area (Å²) in [7, 11) is 1.80. The van der Waals surface area contributed by atoms with Crippen LogP contribution in [-0.2, 0) is 4.79 Å². The van der Waals surface area contributed by atoms with Crippen LogP contribution in [0.25, 0.3) is 0 Å². The Kier molecular flexibility index (Phi) is 7.36. The Labute approximate surface area is 222 Å². The highest BCUT2D eigenvalue weighted by molar-refractivity contribution is 5.95. The molecule has 13 heteroatoms. The molecule has 0 radical (unpaired) electrons. The van der Waals surface area contributed by atoms with Gasteiger partial charge in [0.2, 0.25) is 11.6 Å². The summed E-state index contributed by atoms with van der Waals surface area (Å²) in [5.41, 5.74) is 5.21. The maximum Gasteiger partial charge on any atom is 0.328 e. The maximum absolute atomic E-state index is 15.5. The van der Waals surface area contributed by atoms with Crippen LogP contribution in [0.5, 0.6) is 28.9 Å². The van der Waals surface area contributed by atoms with Gasteiger partial charge in [0.25, 0.3) is 5.88 Å². The minimum Gasteiger partial charge on any atom is -0.504 e. The van der Waals surface area contributed by atoms with E-state index in [1.165, 1.54) is 44.2 Å². The van der Waals surface area contributed by atoms with Crippen molar-refractivity contribution < 1.29 is 33.3 Å². The molecule has 1 atom stereocenters. The predicted octanol–water partition coefficient (Wildman–Crippen LogP) is 4.22. The number of nitrogen functional groups attached to an aromatic ring is 1. The number of amidine groups is 1. The van der Waals surface area contributed by atoms with Crippen molar-refractivity contribution in [2.45, 2.75) is 25.6 Å². The maximum atomic E-state index is 15.5. The number of hydrogen-bond donors (Lipinski definition) is 5. The molecule has 11 nitrogen and oxygen atoms in total. The lowest BCUT2D eigenvalue weighted by molar-refractivity contribution is -0.141. The van der Waals surface area contributed by atoms with Gasteiger partial charge < -0.3 is 30.7 Å². The number of nitrogens with one attached hydrogen (secondary N) is 2. The average molecular weight is 541 g/mol. The van der Waals surface area contributed by atoms with Crippen LogP contribution < -0.4 is 20.5 Å². The van der Waals surface area contributed by atoms with E-state index in [1.807, 2.05) is 4.90 Å². The largest absolute Gasteiger partial charge is 0.504 e. The molecular weight excluding hydrogens is 514 g/mol. The summed E-state index contributed by atoms with van der Waals surface area (Å²) >= 11 is 0. The number of anilines is 1. The summed E-state index contributed by atoms with van der Waals surface area (Å²) in [5, 5.41) is 30.0. The molecule has 1 unspecified atom stereocenters. The number of aromatic hydroxyl groups is 1. The zero-order valence-corrected chi connectivity index (χ0v) is 21.2. The van der Waals surface area contributed by atoms with Crippen molar-refractivity contribution in [3.05, 3.63) is 65.4 Å². The number of aromatic nitrogens is 1. The highest BCUT2D eigenvalue weighted by Gasteiger charge is 2.30. The van der Waals surface area contributed by atoms with Gasteiger partial charge in [-0.25, -0.2) is 14.2 Å². The first kappa shape index (κ1) is 27.3. The number of aliphatic imine (C=N–C) groups is 1. The molecule has 39 heavy (non-hydrogen) atoms. The Balaban J connectivity index is 1.72. The van der Waals surface area contributed by atoms with Gasteiger partial charge in [-0.2, -0.15) is 4.39 Å². The highest BCUT2D eigenvalue weighted by atomic mass is 19.1. The number of carbonyl (C=O) groups is 1. The van der Waals surface area contributed by atoms with Gasteiger partial charge in [-0.3, -0.25) is 15.3 Å². The molecule has 0 bridgehead atoms. The van der Waals surface area contributed by atoms with Crippen LogP contribution in [0.1, 0.15) is 31.1 Å². The predicted molar refractivity (Wildman–Crippen MR) is 139 cm³/mol. The number of benzene rings is 2. The third-order valence-electron chi connectivity index (χ3n) is 5.90.